The predicted molar refractivity (Wildman–Crippen MR) is 172 cm³/mol. The quantitative estimate of drug-likeness (QED) is 0.137. The first-order chi connectivity index (χ1) is 21.2. The third-order valence-corrected chi connectivity index (χ3v) is 11.2. The van der Waals surface area contributed by atoms with Crippen molar-refractivity contribution in [1.82, 2.24) is 5.32 Å². The van der Waals surface area contributed by atoms with Gasteiger partial charge < -0.3 is 10.6 Å². The molecule has 0 spiro atoms. The molecule has 0 fully saturated rings. The summed E-state index contributed by atoms with van der Waals surface area (Å²) in [5.41, 5.74) is -1.06. The molecule has 0 aromatic heterocycles. The van der Waals surface area contributed by atoms with Crippen molar-refractivity contribution in [3.05, 3.63) is 167 Å². The van der Waals surface area contributed by atoms with Crippen LogP contribution in [-0.2, 0) is 11.0 Å². The molecule has 0 saturated carbocycles. The number of hydrogen-bond acceptors (Lipinski definition) is 2. The molecular weight excluding hydrogens is 604 g/mol. The fraction of sp³-hybridized carbons (Fsp3) is 0.0286. The Kier molecular flexibility index (Phi) is 9.29. The first-order valence-corrected chi connectivity index (χ1v) is 15.7. The van der Waals surface area contributed by atoms with Crippen LogP contribution in [0, 0.1) is 0 Å². The van der Waals surface area contributed by atoms with Gasteiger partial charge in [-0.2, -0.15) is 13.2 Å². The van der Waals surface area contributed by atoms with Crippen molar-refractivity contribution in [2.45, 2.75) is 6.18 Å². The first-order valence-electron chi connectivity index (χ1n) is 13.5. The summed E-state index contributed by atoms with van der Waals surface area (Å²) in [6.45, 7) is 0. The highest BCUT2D eigenvalue weighted by Crippen LogP contribution is 2.57. The van der Waals surface area contributed by atoms with Crippen molar-refractivity contribution < 1.29 is 22.8 Å². The Morgan fingerprint density at radius 2 is 1.11 bits per heavy atom. The van der Waals surface area contributed by atoms with Crippen LogP contribution in [0.5, 0.6) is 0 Å². The van der Waals surface area contributed by atoms with Gasteiger partial charge in [0, 0.05) is 5.56 Å². The van der Waals surface area contributed by atoms with Crippen molar-refractivity contribution in [2.24, 2.45) is 0 Å². The van der Waals surface area contributed by atoms with Crippen LogP contribution in [0.3, 0.4) is 0 Å². The number of alkyl halides is 3. The van der Waals surface area contributed by atoms with E-state index in [-0.39, 0.29) is 16.4 Å². The average molecular weight is 630 g/mol. The second-order valence-electron chi connectivity index (χ2n) is 9.74. The van der Waals surface area contributed by atoms with Gasteiger partial charge in [-0.1, -0.05) is 84.4 Å². The molecule has 5 rings (SSSR count). The van der Waals surface area contributed by atoms with Gasteiger partial charge in [0.15, 0.2) is 0 Å². The second-order valence-corrected chi connectivity index (χ2v) is 13.4. The Balaban J connectivity index is 1.73. The first kappa shape index (κ1) is 30.7. The van der Waals surface area contributed by atoms with Gasteiger partial charge >= 0.3 is 6.18 Å². The van der Waals surface area contributed by atoms with Gasteiger partial charge in [0.05, 0.1) is 16.3 Å². The molecule has 0 heterocycles. The summed E-state index contributed by atoms with van der Waals surface area (Å²) in [6, 6.07) is 39.8. The van der Waals surface area contributed by atoms with E-state index in [0.717, 1.165) is 34.1 Å². The summed E-state index contributed by atoms with van der Waals surface area (Å²) < 4.78 is 40.6. The van der Waals surface area contributed by atoms with Gasteiger partial charge in [-0.3, -0.25) is 9.59 Å². The third-order valence-electron chi connectivity index (χ3n) is 6.88. The summed E-state index contributed by atoms with van der Waals surface area (Å²) in [6.07, 6.45) is -4.65. The maximum atomic E-state index is 14.0. The molecule has 0 bridgehead atoms. The molecule has 220 valence electrons. The summed E-state index contributed by atoms with van der Waals surface area (Å²) >= 11 is 6.24. The fourth-order valence-electron chi connectivity index (χ4n) is 4.77. The monoisotopic (exact) mass is 629 g/mol. The minimum Gasteiger partial charge on any atom is -0.319 e. The van der Waals surface area contributed by atoms with Gasteiger partial charge in [0.25, 0.3) is 11.8 Å². The highest BCUT2D eigenvalue weighted by atomic mass is 35.5. The van der Waals surface area contributed by atoms with E-state index in [1.165, 1.54) is 0 Å². The zero-order valence-electron chi connectivity index (χ0n) is 23.1. The van der Waals surface area contributed by atoms with Crippen molar-refractivity contribution in [1.29, 1.82) is 0 Å². The van der Waals surface area contributed by atoms with E-state index >= 15 is 0 Å². The molecule has 0 radical (unpaired) electrons. The number of hydrogen-bond donors (Lipinski definition) is 2. The molecule has 5 aromatic rings. The van der Waals surface area contributed by atoms with E-state index in [4.69, 9.17) is 11.6 Å². The lowest BCUT2D eigenvalue weighted by molar-refractivity contribution is -0.137. The number of amides is 2. The molecule has 44 heavy (non-hydrogen) atoms. The topological polar surface area (TPSA) is 58.2 Å². The maximum Gasteiger partial charge on any atom is 0.416 e. The lowest BCUT2D eigenvalue weighted by Crippen LogP contribution is -2.35. The lowest BCUT2D eigenvalue weighted by Gasteiger charge is -2.25. The molecule has 0 aliphatic rings. The number of benzene rings is 5. The molecular formula is C35H26ClF3N2O2P+. The summed E-state index contributed by atoms with van der Waals surface area (Å²) in [7, 11) is -2.81. The second kappa shape index (κ2) is 13.3. The predicted octanol–water partition coefficient (Wildman–Crippen LogP) is 7.56. The van der Waals surface area contributed by atoms with E-state index in [0.29, 0.717) is 5.56 Å². The van der Waals surface area contributed by atoms with Crippen LogP contribution in [0.15, 0.2) is 151 Å². The number of carbonyl (C=O) groups excluding carboxylic acids is 2. The van der Waals surface area contributed by atoms with Gasteiger partial charge in [0.2, 0.25) is 0 Å². The van der Waals surface area contributed by atoms with E-state index in [1.54, 1.807) is 36.1 Å². The van der Waals surface area contributed by atoms with Crippen molar-refractivity contribution in [3.8, 4) is 0 Å². The molecule has 0 unspecified atom stereocenters. The molecule has 0 aliphatic heterocycles. The summed E-state index contributed by atoms with van der Waals surface area (Å²) in [5, 5.41) is 7.88. The minimum absolute atomic E-state index is 0.0877. The zero-order chi connectivity index (χ0) is 31.2. The standard InChI is InChI=1S/C35H25ClF3N2O2P/c36-30-22-21-26(35(37,38)39)23-31(30)40-34(43)32(41-33(42)25-13-5-1-6-14-25)24-44(27-15-7-2-8-16-27,28-17-9-3-10-18-28)29-19-11-4-12-20-29/h1-24H,(H-,40,41,42,43)/p+1. The van der Waals surface area contributed by atoms with E-state index in [1.807, 2.05) is 91.0 Å². The Bertz CT molecular complexity index is 1690. The largest absolute Gasteiger partial charge is 0.416 e. The van der Waals surface area contributed by atoms with Crippen LogP contribution in [-0.4, -0.2) is 11.8 Å². The Labute approximate surface area is 258 Å². The summed E-state index contributed by atoms with van der Waals surface area (Å²) in [5.74, 6) is 0.349. The highest BCUT2D eigenvalue weighted by molar-refractivity contribution is 7.98. The normalized spacial score (nSPS) is 12.0. The molecule has 0 atom stereocenters. The molecule has 0 aliphatic carbocycles. The van der Waals surface area contributed by atoms with Crippen LogP contribution in [0.2, 0.25) is 5.02 Å². The SMILES string of the molecule is O=C(Nc1cc(C(F)(F)F)ccc1Cl)C(=C[P+](c1ccccc1)(c1ccccc1)c1ccccc1)NC(=O)c1ccccc1. The highest BCUT2D eigenvalue weighted by Gasteiger charge is 2.45. The third kappa shape index (κ3) is 6.75. The van der Waals surface area contributed by atoms with Crippen LogP contribution in [0.4, 0.5) is 18.9 Å². The van der Waals surface area contributed by atoms with Crippen LogP contribution < -0.4 is 26.5 Å². The summed E-state index contributed by atoms with van der Waals surface area (Å²) in [4.78, 5) is 27.5. The minimum atomic E-state index is -4.65. The van der Waals surface area contributed by atoms with Gasteiger partial charge in [-0.15, -0.1) is 0 Å². The van der Waals surface area contributed by atoms with Gasteiger partial charge in [-0.05, 0) is 66.7 Å². The van der Waals surface area contributed by atoms with Crippen molar-refractivity contribution in [2.75, 3.05) is 5.32 Å². The number of carbonyl (C=O) groups is 2. The smallest absolute Gasteiger partial charge is 0.319 e. The van der Waals surface area contributed by atoms with E-state index in [9.17, 15) is 22.8 Å². The van der Waals surface area contributed by atoms with Gasteiger partial charge in [-0.25, -0.2) is 0 Å². The average Bonchev–Trinajstić information content (AvgIpc) is 3.05. The lowest BCUT2D eigenvalue weighted by atomic mass is 10.2. The molecule has 2 amide bonds. The number of rotatable bonds is 8. The molecule has 2 N–H and O–H groups in total. The Hall–Kier alpha value is -4.71. The molecule has 5 aromatic carbocycles. The van der Waals surface area contributed by atoms with Crippen LogP contribution in [0.25, 0.3) is 0 Å². The maximum absolute atomic E-state index is 14.0. The van der Waals surface area contributed by atoms with Crippen molar-refractivity contribution >= 4 is 52.3 Å². The Morgan fingerprint density at radius 3 is 1.57 bits per heavy atom. The van der Waals surface area contributed by atoms with E-state index < -0.39 is 30.8 Å². The van der Waals surface area contributed by atoms with Crippen molar-refractivity contribution in [3.63, 3.8) is 0 Å². The van der Waals surface area contributed by atoms with E-state index in [2.05, 4.69) is 10.6 Å². The van der Waals surface area contributed by atoms with Crippen LogP contribution in [0.1, 0.15) is 15.9 Å². The fourth-order valence-corrected chi connectivity index (χ4v) is 8.78. The number of halogens is 4. The zero-order valence-corrected chi connectivity index (χ0v) is 24.8. The molecule has 0 saturated heterocycles. The van der Waals surface area contributed by atoms with Crippen LogP contribution >= 0.6 is 18.9 Å². The number of nitrogens with one attached hydrogen (secondary N) is 2. The van der Waals surface area contributed by atoms with Gasteiger partial charge in [0.1, 0.15) is 34.7 Å². The molecule has 4 nitrogen and oxygen atoms in total. The molecule has 9 heteroatoms. The number of anilines is 1. The Morgan fingerprint density at radius 1 is 0.659 bits per heavy atom.